The van der Waals surface area contributed by atoms with Crippen molar-refractivity contribution in [3.63, 3.8) is 0 Å². The van der Waals surface area contributed by atoms with Gasteiger partial charge in [-0.25, -0.2) is 4.79 Å². The van der Waals surface area contributed by atoms with Crippen molar-refractivity contribution in [2.75, 3.05) is 0 Å². The van der Waals surface area contributed by atoms with Gasteiger partial charge in [0.25, 0.3) is 6.29 Å². The predicted octanol–water partition coefficient (Wildman–Crippen LogP) is 3.19. The van der Waals surface area contributed by atoms with Gasteiger partial charge in [0, 0.05) is 15.6 Å². The van der Waals surface area contributed by atoms with E-state index in [0.717, 1.165) is 34.0 Å². The Morgan fingerprint density at radius 3 is 3.10 bits per heavy atom. The van der Waals surface area contributed by atoms with Crippen molar-refractivity contribution in [1.82, 2.24) is 0 Å². The molecule has 2 aliphatic carbocycles. The van der Waals surface area contributed by atoms with Crippen LogP contribution in [0.1, 0.15) is 12.8 Å². The number of hydrogen-bond donors (Lipinski definition) is 1. The van der Waals surface area contributed by atoms with Crippen molar-refractivity contribution < 1.29 is 19.4 Å². The zero-order valence-electron chi connectivity index (χ0n) is 10.6. The second kappa shape index (κ2) is 5.42. The molecule has 0 saturated carbocycles. The first kappa shape index (κ1) is 13.4. The fourth-order valence-corrected chi connectivity index (χ4v) is 3.11. The molecule has 0 aromatic heterocycles. The molecule has 4 nitrogen and oxygen atoms in total. The van der Waals surface area contributed by atoms with Gasteiger partial charge in [-0.3, -0.25) is 0 Å². The van der Waals surface area contributed by atoms with Crippen LogP contribution in [-0.2, 0) is 14.3 Å². The number of fused-ring (bicyclic) bond motifs is 2. The maximum atomic E-state index is 11.2. The van der Waals surface area contributed by atoms with Gasteiger partial charge in [0.1, 0.15) is 6.10 Å². The Balaban J connectivity index is 2.11. The first-order valence-corrected chi connectivity index (χ1v) is 7.14. The van der Waals surface area contributed by atoms with Gasteiger partial charge in [0.15, 0.2) is 0 Å². The van der Waals surface area contributed by atoms with Crippen molar-refractivity contribution in [2.24, 2.45) is 0 Å². The van der Waals surface area contributed by atoms with E-state index in [-0.39, 0.29) is 0 Å². The Hall–Kier alpha value is -1.59. The SMILES string of the molecule is O=C(O)C1OC=C2C=CCC/C2=C2\C(Br)=CC=CC2O1. The summed E-state index contributed by atoms with van der Waals surface area (Å²) in [4.78, 5) is 11.2. The molecule has 0 saturated heterocycles. The maximum Gasteiger partial charge on any atom is 0.373 e. The van der Waals surface area contributed by atoms with Crippen LogP contribution in [0.5, 0.6) is 0 Å². The van der Waals surface area contributed by atoms with Crippen LogP contribution in [0.3, 0.4) is 0 Å². The highest BCUT2D eigenvalue weighted by molar-refractivity contribution is 9.12. The van der Waals surface area contributed by atoms with Crippen molar-refractivity contribution in [3.8, 4) is 0 Å². The molecule has 0 amide bonds. The molecule has 0 aromatic rings. The lowest BCUT2D eigenvalue weighted by Crippen LogP contribution is -2.33. The Labute approximate surface area is 124 Å². The second-order valence-corrected chi connectivity index (χ2v) is 5.52. The predicted molar refractivity (Wildman–Crippen MR) is 77.0 cm³/mol. The molecule has 5 heteroatoms. The van der Waals surface area contributed by atoms with E-state index in [4.69, 9.17) is 14.6 Å². The average molecular weight is 337 g/mol. The van der Waals surface area contributed by atoms with Gasteiger partial charge in [0.2, 0.25) is 0 Å². The van der Waals surface area contributed by atoms with Gasteiger partial charge in [-0.1, -0.05) is 40.2 Å². The molecule has 0 radical (unpaired) electrons. The third kappa shape index (κ3) is 2.39. The summed E-state index contributed by atoms with van der Waals surface area (Å²) in [6.07, 6.45) is 11.2. The number of allylic oxidation sites excluding steroid dienone is 6. The number of carboxylic acid groups (broad SMARTS) is 1. The van der Waals surface area contributed by atoms with Crippen molar-refractivity contribution in [1.29, 1.82) is 0 Å². The molecule has 104 valence electrons. The first-order valence-electron chi connectivity index (χ1n) is 6.35. The molecule has 0 aromatic carbocycles. The van der Waals surface area contributed by atoms with E-state index < -0.39 is 18.4 Å². The fraction of sp³-hybridized carbons (Fsp3) is 0.267. The molecule has 1 aliphatic heterocycles. The van der Waals surface area contributed by atoms with Crippen molar-refractivity contribution in [2.45, 2.75) is 25.2 Å². The van der Waals surface area contributed by atoms with E-state index in [0.29, 0.717) is 0 Å². The van der Waals surface area contributed by atoms with Crippen LogP contribution in [0, 0.1) is 0 Å². The first-order chi connectivity index (χ1) is 9.66. The van der Waals surface area contributed by atoms with Gasteiger partial charge in [-0.2, -0.15) is 0 Å². The van der Waals surface area contributed by atoms with E-state index in [1.165, 1.54) is 6.26 Å². The smallest absolute Gasteiger partial charge is 0.373 e. The molecular formula is C15H13BrO4. The minimum absolute atomic E-state index is 0.416. The molecule has 1 heterocycles. The van der Waals surface area contributed by atoms with Crippen LogP contribution in [0.2, 0.25) is 0 Å². The van der Waals surface area contributed by atoms with E-state index in [9.17, 15) is 4.79 Å². The van der Waals surface area contributed by atoms with E-state index >= 15 is 0 Å². The zero-order valence-corrected chi connectivity index (χ0v) is 12.2. The van der Waals surface area contributed by atoms with Crippen LogP contribution in [0.4, 0.5) is 0 Å². The highest BCUT2D eigenvalue weighted by Crippen LogP contribution is 2.38. The third-order valence-corrected chi connectivity index (χ3v) is 4.08. The molecule has 3 aliphatic rings. The van der Waals surface area contributed by atoms with Gasteiger partial charge >= 0.3 is 5.97 Å². The quantitative estimate of drug-likeness (QED) is 0.798. The van der Waals surface area contributed by atoms with E-state index in [1.807, 2.05) is 24.3 Å². The molecule has 2 unspecified atom stereocenters. The summed E-state index contributed by atoms with van der Waals surface area (Å²) in [5.41, 5.74) is 3.03. The van der Waals surface area contributed by atoms with Crippen molar-refractivity contribution >= 4 is 21.9 Å². The Morgan fingerprint density at radius 1 is 1.45 bits per heavy atom. The van der Waals surface area contributed by atoms with E-state index in [1.54, 1.807) is 0 Å². The van der Waals surface area contributed by atoms with Crippen molar-refractivity contribution in [3.05, 3.63) is 57.8 Å². The second-order valence-electron chi connectivity index (χ2n) is 4.67. The lowest BCUT2D eigenvalue weighted by Gasteiger charge is -2.30. The standard InChI is InChI=1S/C15H13BrO4/c16-11-6-3-7-12-13(11)10-5-2-1-4-9(10)8-19-15(20-12)14(17)18/h1,3-4,6-8,12,15H,2,5H2,(H,17,18)/b9-8?,13-10-. The number of rotatable bonds is 1. The molecule has 0 bridgehead atoms. The fourth-order valence-electron chi connectivity index (χ4n) is 2.49. The van der Waals surface area contributed by atoms with Gasteiger partial charge < -0.3 is 14.6 Å². The molecule has 1 N–H and O–H groups in total. The molecule has 0 spiro atoms. The number of aliphatic carboxylic acids is 1. The molecule has 3 rings (SSSR count). The largest absolute Gasteiger partial charge is 0.477 e. The van der Waals surface area contributed by atoms with E-state index in [2.05, 4.69) is 22.0 Å². The number of halogens is 1. The lowest BCUT2D eigenvalue weighted by molar-refractivity contribution is -0.181. The topological polar surface area (TPSA) is 55.8 Å². The van der Waals surface area contributed by atoms with Crippen LogP contribution in [0.25, 0.3) is 0 Å². The Kier molecular flexibility index (Phi) is 3.63. The lowest BCUT2D eigenvalue weighted by atomic mass is 9.87. The number of hydrogen-bond acceptors (Lipinski definition) is 3. The van der Waals surface area contributed by atoms with Crippen LogP contribution >= 0.6 is 15.9 Å². The Morgan fingerprint density at radius 2 is 2.30 bits per heavy atom. The molecule has 20 heavy (non-hydrogen) atoms. The summed E-state index contributed by atoms with van der Waals surface area (Å²) in [6.45, 7) is 0. The Bertz CT molecular complexity index is 595. The minimum Gasteiger partial charge on any atom is -0.477 e. The van der Waals surface area contributed by atoms with Gasteiger partial charge in [-0.05, 0) is 24.5 Å². The highest BCUT2D eigenvalue weighted by atomic mass is 79.9. The zero-order chi connectivity index (χ0) is 14.1. The third-order valence-electron chi connectivity index (χ3n) is 3.39. The summed E-state index contributed by atoms with van der Waals surface area (Å²) >= 11 is 3.54. The van der Waals surface area contributed by atoms with Gasteiger partial charge in [0.05, 0.1) is 6.26 Å². The average Bonchev–Trinajstić information content (AvgIpc) is 2.41. The number of carbonyl (C=O) groups is 1. The monoisotopic (exact) mass is 336 g/mol. The molecular weight excluding hydrogens is 324 g/mol. The van der Waals surface area contributed by atoms with Crippen LogP contribution in [0.15, 0.2) is 57.8 Å². The summed E-state index contributed by atoms with van der Waals surface area (Å²) < 4.78 is 11.8. The summed E-state index contributed by atoms with van der Waals surface area (Å²) in [5, 5.41) is 9.14. The summed E-state index contributed by atoms with van der Waals surface area (Å²) in [6, 6.07) is 0. The minimum atomic E-state index is -1.30. The highest BCUT2D eigenvalue weighted by Gasteiger charge is 2.31. The van der Waals surface area contributed by atoms with Gasteiger partial charge in [-0.15, -0.1) is 0 Å². The summed E-state index contributed by atoms with van der Waals surface area (Å²) in [5.74, 6) is -1.14. The number of ether oxygens (including phenoxy) is 2. The number of carboxylic acids is 1. The van der Waals surface area contributed by atoms with Crippen LogP contribution < -0.4 is 0 Å². The molecule has 2 atom stereocenters. The maximum absolute atomic E-state index is 11.2. The molecule has 0 fully saturated rings. The normalized spacial score (nSPS) is 32.0. The van der Waals surface area contributed by atoms with Crippen LogP contribution in [-0.4, -0.2) is 23.5 Å². The summed E-state index contributed by atoms with van der Waals surface area (Å²) in [7, 11) is 0.